The van der Waals surface area contributed by atoms with Gasteiger partial charge in [-0.1, -0.05) is 29.8 Å². The Morgan fingerprint density at radius 1 is 1.33 bits per heavy atom. The number of hydrogen-bond donors (Lipinski definition) is 0. The Morgan fingerprint density at radius 2 is 2.00 bits per heavy atom. The molecule has 80 valence electrons. The summed E-state index contributed by atoms with van der Waals surface area (Å²) in [5.74, 6) is 0.271. The van der Waals surface area contributed by atoms with Crippen molar-refractivity contribution in [2.75, 3.05) is 6.61 Å². The van der Waals surface area contributed by atoms with Crippen molar-refractivity contribution in [3.05, 3.63) is 35.4 Å². The molecule has 1 aliphatic heterocycles. The lowest BCUT2D eigenvalue weighted by Gasteiger charge is -2.12. The predicted octanol–water partition coefficient (Wildman–Crippen LogP) is 2.60. The molecule has 0 radical (unpaired) electrons. The smallest absolute Gasteiger partial charge is 0.168 e. The third-order valence-corrected chi connectivity index (χ3v) is 3.05. The second kappa shape index (κ2) is 4.15. The molecule has 1 aromatic rings. The summed E-state index contributed by atoms with van der Waals surface area (Å²) in [6.45, 7) is 4.71. The van der Waals surface area contributed by atoms with Gasteiger partial charge < -0.3 is 4.74 Å². The lowest BCUT2D eigenvalue weighted by Crippen LogP contribution is -2.21. The zero-order chi connectivity index (χ0) is 10.8. The molecule has 0 aliphatic carbocycles. The Balaban J connectivity index is 2.17. The van der Waals surface area contributed by atoms with Gasteiger partial charge in [0.1, 0.15) is 0 Å². The van der Waals surface area contributed by atoms with Gasteiger partial charge in [-0.3, -0.25) is 4.79 Å². The lowest BCUT2D eigenvalue weighted by molar-refractivity contribution is 0.0764. The summed E-state index contributed by atoms with van der Waals surface area (Å²) in [5, 5.41) is 0. The molecule has 0 amide bonds. The molecule has 15 heavy (non-hydrogen) atoms. The van der Waals surface area contributed by atoms with E-state index in [1.165, 1.54) is 5.56 Å². The molecule has 2 atom stereocenters. The van der Waals surface area contributed by atoms with Gasteiger partial charge in [-0.15, -0.1) is 0 Å². The van der Waals surface area contributed by atoms with Gasteiger partial charge in [0.05, 0.1) is 12.0 Å². The van der Waals surface area contributed by atoms with Gasteiger partial charge in [0.2, 0.25) is 0 Å². The van der Waals surface area contributed by atoms with E-state index < -0.39 is 0 Å². The summed E-state index contributed by atoms with van der Waals surface area (Å²) in [6, 6.07) is 7.77. The van der Waals surface area contributed by atoms with E-state index in [2.05, 4.69) is 0 Å². The number of Topliss-reactive ketones (excluding diaryl/α,β-unsaturated/α-hetero) is 1. The minimum absolute atomic E-state index is 0.0488. The van der Waals surface area contributed by atoms with E-state index in [9.17, 15) is 4.79 Å². The number of rotatable bonds is 2. The average molecular weight is 204 g/mol. The van der Waals surface area contributed by atoms with Crippen LogP contribution in [0.15, 0.2) is 24.3 Å². The molecule has 2 unspecified atom stereocenters. The SMILES string of the molecule is Cc1ccc(C(=O)C2CCOC2C)cc1. The van der Waals surface area contributed by atoms with Gasteiger partial charge >= 0.3 is 0 Å². The summed E-state index contributed by atoms with van der Waals surface area (Å²) in [6.07, 6.45) is 0.923. The molecule has 1 saturated heterocycles. The van der Waals surface area contributed by atoms with Crippen LogP contribution < -0.4 is 0 Å². The first-order valence-corrected chi connectivity index (χ1v) is 5.41. The maximum atomic E-state index is 12.1. The van der Waals surface area contributed by atoms with Gasteiger partial charge in [-0.05, 0) is 20.3 Å². The zero-order valence-electron chi connectivity index (χ0n) is 9.19. The highest BCUT2D eigenvalue weighted by molar-refractivity contribution is 5.98. The fraction of sp³-hybridized carbons (Fsp3) is 0.462. The Hall–Kier alpha value is -1.15. The van der Waals surface area contributed by atoms with Gasteiger partial charge in [0.25, 0.3) is 0 Å². The fourth-order valence-corrected chi connectivity index (χ4v) is 2.01. The molecule has 1 aromatic carbocycles. The molecule has 1 aliphatic rings. The van der Waals surface area contributed by atoms with Crippen molar-refractivity contribution in [1.29, 1.82) is 0 Å². The minimum atomic E-state index is 0.0488. The normalized spacial score (nSPS) is 25.5. The fourth-order valence-electron chi connectivity index (χ4n) is 2.01. The Labute approximate surface area is 90.3 Å². The molecule has 0 bridgehead atoms. The van der Waals surface area contributed by atoms with Crippen LogP contribution in [0.25, 0.3) is 0 Å². The summed E-state index contributed by atoms with van der Waals surface area (Å²) in [4.78, 5) is 12.1. The van der Waals surface area contributed by atoms with Crippen molar-refractivity contribution >= 4 is 5.78 Å². The van der Waals surface area contributed by atoms with Crippen molar-refractivity contribution in [2.24, 2.45) is 5.92 Å². The number of aryl methyl sites for hydroxylation is 1. The second-order valence-corrected chi connectivity index (χ2v) is 4.20. The van der Waals surface area contributed by atoms with E-state index in [1.807, 2.05) is 38.1 Å². The Kier molecular flexibility index (Phi) is 2.87. The zero-order valence-corrected chi connectivity index (χ0v) is 9.19. The van der Waals surface area contributed by atoms with Gasteiger partial charge in [-0.2, -0.15) is 0 Å². The number of benzene rings is 1. The number of ether oxygens (including phenoxy) is 1. The average Bonchev–Trinajstić information content (AvgIpc) is 2.65. The molecule has 1 fully saturated rings. The molecule has 0 saturated carbocycles. The quantitative estimate of drug-likeness (QED) is 0.692. The molecule has 2 nitrogen and oxygen atoms in total. The molecule has 1 heterocycles. The van der Waals surface area contributed by atoms with Crippen LogP contribution in [0.1, 0.15) is 29.3 Å². The highest BCUT2D eigenvalue weighted by Gasteiger charge is 2.31. The largest absolute Gasteiger partial charge is 0.378 e. The van der Waals surface area contributed by atoms with Crippen molar-refractivity contribution in [3.63, 3.8) is 0 Å². The van der Waals surface area contributed by atoms with Crippen LogP contribution in [-0.2, 0) is 4.74 Å². The van der Waals surface area contributed by atoms with Crippen molar-refractivity contribution < 1.29 is 9.53 Å². The summed E-state index contributed by atoms with van der Waals surface area (Å²) >= 11 is 0. The van der Waals surface area contributed by atoms with Crippen LogP contribution in [0, 0.1) is 12.8 Å². The predicted molar refractivity (Wildman–Crippen MR) is 59.0 cm³/mol. The van der Waals surface area contributed by atoms with E-state index in [-0.39, 0.29) is 17.8 Å². The summed E-state index contributed by atoms with van der Waals surface area (Å²) in [7, 11) is 0. The van der Waals surface area contributed by atoms with Crippen molar-refractivity contribution in [1.82, 2.24) is 0 Å². The molecule has 0 aromatic heterocycles. The first-order chi connectivity index (χ1) is 7.18. The maximum Gasteiger partial charge on any atom is 0.168 e. The first-order valence-electron chi connectivity index (χ1n) is 5.41. The highest BCUT2D eigenvalue weighted by atomic mass is 16.5. The second-order valence-electron chi connectivity index (χ2n) is 4.20. The molecular formula is C13H16O2. The molecular weight excluding hydrogens is 188 g/mol. The van der Waals surface area contributed by atoms with Gasteiger partial charge in [0, 0.05) is 12.2 Å². The number of carbonyl (C=O) groups is 1. The van der Waals surface area contributed by atoms with Gasteiger partial charge in [-0.25, -0.2) is 0 Å². The minimum Gasteiger partial charge on any atom is -0.378 e. The van der Waals surface area contributed by atoms with E-state index in [4.69, 9.17) is 4.74 Å². The number of carbonyl (C=O) groups excluding carboxylic acids is 1. The van der Waals surface area contributed by atoms with E-state index in [0.717, 1.165) is 12.0 Å². The van der Waals surface area contributed by atoms with Crippen LogP contribution in [0.4, 0.5) is 0 Å². The van der Waals surface area contributed by atoms with E-state index in [0.29, 0.717) is 6.61 Å². The Morgan fingerprint density at radius 3 is 2.53 bits per heavy atom. The Bertz CT molecular complexity index is 353. The van der Waals surface area contributed by atoms with E-state index >= 15 is 0 Å². The lowest BCUT2D eigenvalue weighted by atomic mass is 9.92. The summed E-state index contributed by atoms with van der Waals surface area (Å²) < 4.78 is 5.41. The van der Waals surface area contributed by atoms with Gasteiger partial charge in [0.15, 0.2) is 5.78 Å². The topological polar surface area (TPSA) is 26.3 Å². The van der Waals surface area contributed by atoms with Crippen LogP contribution in [-0.4, -0.2) is 18.5 Å². The molecule has 2 rings (SSSR count). The monoisotopic (exact) mass is 204 g/mol. The van der Waals surface area contributed by atoms with Crippen LogP contribution in [0.5, 0.6) is 0 Å². The third-order valence-electron chi connectivity index (χ3n) is 3.05. The van der Waals surface area contributed by atoms with E-state index in [1.54, 1.807) is 0 Å². The molecule has 0 spiro atoms. The standard InChI is InChI=1S/C13H16O2/c1-9-3-5-11(6-4-9)13(14)12-7-8-15-10(12)2/h3-6,10,12H,7-8H2,1-2H3. The number of ketones is 1. The third kappa shape index (κ3) is 2.10. The van der Waals surface area contributed by atoms with Crippen molar-refractivity contribution in [3.8, 4) is 0 Å². The number of hydrogen-bond acceptors (Lipinski definition) is 2. The van der Waals surface area contributed by atoms with Crippen LogP contribution >= 0.6 is 0 Å². The van der Waals surface area contributed by atoms with Crippen LogP contribution in [0.3, 0.4) is 0 Å². The molecule has 2 heteroatoms. The summed E-state index contributed by atoms with van der Waals surface area (Å²) in [5.41, 5.74) is 1.99. The highest BCUT2D eigenvalue weighted by Crippen LogP contribution is 2.24. The maximum absolute atomic E-state index is 12.1. The van der Waals surface area contributed by atoms with Crippen molar-refractivity contribution in [2.45, 2.75) is 26.4 Å². The van der Waals surface area contributed by atoms with Crippen LogP contribution in [0.2, 0.25) is 0 Å². The first kappa shape index (κ1) is 10.4. The molecule has 0 N–H and O–H groups in total.